The van der Waals surface area contributed by atoms with Crippen LogP contribution in [0.15, 0.2) is 35.1 Å². The molecule has 1 saturated heterocycles. The molecule has 2 aliphatic heterocycles. The van der Waals surface area contributed by atoms with Crippen LogP contribution in [0.25, 0.3) is 0 Å². The van der Waals surface area contributed by atoms with Crippen LogP contribution in [0.4, 0.5) is 0 Å². The predicted molar refractivity (Wildman–Crippen MR) is 95.3 cm³/mol. The normalized spacial score (nSPS) is 17.5. The molecular formula is C20H24N2O4. The van der Waals surface area contributed by atoms with E-state index >= 15 is 0 Å². The highest BCUT2D eigenvalue weighted by Gasteiger charge is 2.21. The van der Waals surface area contributed by atoms with Crippen LogP contribution < -0.4 is 9.47 Å². The van der Waals surface area contributed by atoms with Gasteiger partial charge in [0, 0.05) is 13.0 Å². The monoisotopic (exact) mass is 356 g/mol. The number of carbonyl (C=O) groups excluding carboxylic acids is 1. The first-order chi connectivity index (χ1) is 12.8. The first kappa shape index (κ1) is 17.1. The zero-order chi connectivity index (χ0) is 17.8. The van der Waals surface area contributed by atoms with Gasteiger partial charge in [0.05, 0.1) is 6.20 Å². The van der Waals surface area contributed by atoms with E-state index in [0.717, 1.165) is 44.0 Å². The Kier molecular flexibility index (Phi) is 5.20. The molecule has 6 heteroatoms. The van der Waals surface area contributed by atoms with Crippen LogP contribution >= 0.6 is 0 Å². The average molecular weight is 356 g/mol. The van der Waals surface area contributed by atoms with E-state index in [9.17, 15) is 4.79 Å². The largest absolute Gasteiger partial charge is 0.454 e. The molecule has 138 valence electrons. The number of fused-ring (bicyclic) bond motifs is 1. The second-order valence-electron chi connectivity index (χ2n) is 7.06. The van der Waals surface area contributed by atoms with Crippen molar-refractivity contribution in [2.24, 2.45) is 5.92 Å². The van der Waals surface area contributed by atoms with Crippen molar-refractivity contribution >= 4 is 5.78 Å². The third-order valence-corrected chi connectivity index (χ3v) is 5.24. The molecule has 0 atom stereocenters. The smallest absolute Gasteiger partial charge is 0.263 e. The molecule has 0 radical (unpaired) electrons. The maximum atomic E-state index is 11.9. The minimum Gasteiger partial charge on any atom is -0.454 e. The van der Waals surface area contributed by atoms with Crippen molar-refractivity contribution in [2.45, 2.75) is 38.6 Å². The molecular weight excluding hydrogens is 332 g/mol. The summed E-state index contributed by atoms with van der Waals surface area (Å²) in [6, 6.07) is 6.20. The minimum absolute atomic E-state index is 0.00949. The van der Waals surface area contributed by atoms with E-state index in [4.69, 9.17) is 13.9 Å². The van der Waals surface area contributed by atoms with E-state index in [0.29, 0.717) is 19.1 Å². The van der Waals surface area contributed by atoms with Gasteiger partial charge >= 0.3 is 0 Å². The number of benzene rings is 1. The molecule has 0 spiro atoms. The molecule has 0 aliphatic carbocycles. The van der Waals surface area contributed by atoms with Crippen LogP contribution in [0, 0.1) is 5.92 Å². The lowest BCUT2D eigenvalue weighted by atomic mass is 9.91. The fraction of sp³-hybridized carbons (Fsp3) is 0.500. The van der Waals surface area contributed by atoms with Crippen molar-refractivity contribution in [3.05, 3.63) is 42.1 Å². The number of Topliss-reactive ketones (excluding diaryl/α,β-unsaturated/α-hetero) is 1. The predicted octanol–water partition coefficient (Wildman–Crippen LogP) is 3.67. The first-order valence-electron chi connectivity index (χ1n) is 9.31. The molecule has 6 nitrogen and oxygen atoms in total. The molecule has 4 rings (SSSR count). The summed E-state index contributed by atoms with van der Waals surface area (Å²) in [5.74, 6) is 2.65. The van der Waals surface area contributed by atoms with Gasteiger partial charge in [-0.25, -0.2) is 4.98 Å². The van der Waals surface area contributed by atoms with E-state index in [1.54, 1.807) is 0 Å². The third kappa shape index (κ3) is 4.07. The lowest BCUT2D eigenvalue weighted by molar-refractivity contribution is 0.0940. The summed E-state index contributed by atoms with van der Waals surface area (Å²) in [5, 5.41) is 0. The van der Waals surface area contributed by atoms with Crippen molar-refractivity contribution in [3.8, 4) is 11.5 Å². The third-order valence-electron chi connectivity index (χ3n) is 5.24. The Bertz CT molecular complexity index is 736. The van der Waals surface area contributed by atoms with Gasteiger partial charge in [-0.1, -0.05) is 6.07 Å². The lowest BCUT2D eigenvalue weighted by Crippen LogP contribution is -2.33. The number of oxazole rings is 1. The highest BCUT2D eigenvalue weighted by Crippen LogP contribution is 2.33. The van der Waals surface area contributed by atoms with E-state index in [1.165, 1.54) is 30.9 Å². The molecule has 2 aliphatic rings. The Hall–Kier alpha value is -2.34. The lowest BCUT2D eigenvalue weighted by Gasteiger charge is -2.32. The number of hydrogen-bond acceptors (Lipinski definition) is 6. The number of rotatable bonds is 7. The molecule has 0 bridgehead atoms. The number of aromatic nitrogens is 1. The summed E-state index contributed by atoms with van der Waals surface area (Å²) in [6.07, 6.45) is 7.89. The molecule has 0 unspecified atom stereocenters. The Balaban J connectivity index is 1.18. The zero-order valence-electron chi connectivity index (χ0n) is 14.9. The second-order valence-corrected chi connectivity index (χ2v) is 7.06. The number of nitrogens with zero attached hydrogens (tertiary/aromatic N) is 2. The van der Waals surface area contributed by atoms with Gasteiger partial charge in [-0.2, -0.15) is 0 Å². The van der Waals surface area contributed by atoms with E-state index in [2.05, 4.69) is 22.0 Å². The van der Waals surface area contributed by atoms with Crippen LogP contribution in [0.5, 0.6) is 11.5 Å². The van der Waals surface area contributed by atoms with E-state index in [1.807, 2.05) is 6.07 Å². The molecule has 1 fully saturated rings. The molecule has 0 amide bonds. The molecule has 1 aromatic heterocycles. The van der Waals surface area contributed by atoms with Crippen LogP contribution in [-0.2, 0) is 6.54 Å². The van der Waals surface area contributed by atoms with Gasteiger partial charge < -0.3 is 13.9 Å². The fourth-order valence-electron chi connectivity index (χ4n) is 3.75. The Morgan fingerprint density at radius 1 is 1.19 bits per heavy atom. The van der Waals surface area contributed by atoms with Crippen molar-refractivity contribution in [1.29, 1.82) is 0 Å². The van der Waals surface area contributed by atoms with Crippen molar-refractivity contribution in [1.82, 2.24) is 9.88 Å². The molecule has 3 heterocycles. The van der Waals surface area contributed by atoms with Gasteiger partial charge in [0.15, 0.2) is 11.5 Å². The van der Waals surface area contributed by atoms with Crippen molar-refractivity contribution in [3.63, 3.8) is 0 Å². The van der Waals surface area contributed by atoms with Crippen LogP contribution in [0.2, 0.25) is 0 Å². The van der Waals surface area contributed by atoms with Gasteiger partial charge in [-0.05, 0) is 62.4 Å². The van der Waals surface area contributed by atoms with Crippen LogP contribution in [0.3, 0.4) is 0 Å². The Morgan fingerprint density at radius 3 is 2.85 bits per heavy atom. The Labute approximate surface area is 153 Å². The topological polar surface area (TPSA) is 64.8 Å². The molecule has 26 heavy (non-hydrogen) atoms. The van der Waals surface area contributed by atoms with Gasteiger partial charge in [-0.15, -0.1) is 0 Å². The van der Waals surface area contributed by atoms with Crippen LogP contribution in [0.1, 0.15) is 48.4 Å². The summed E-state index contributed by atoms with van der Waals surface area (Å²) in [5.41, 5.74) is 1.27. The maximum absolute atomic E-state index is 11.9. The average Bonchev–Trinajstić information content (AvgIpc) is 3.34. The number of hydrogen-bond donors (Lipinski definition) is 0. The minimum atomic E-state index is 0.00949. The SMILES string of the molecule is O=C(CCCC1CCN(Cc2ccc3c(c2)OCO3)CC1)c1ncco1. The fourth-order valence-corrected chi connectivity index (χ4v) is 3.75. The first-order valence-corrected chi connectivity index (χ1v) is 9.31. The highest BCUT2D eigenvalue weighted by atomic mass is 16.7. The number of piperidine rings is 1. The number of carbonyl (C=O) groups is 1. The van der Waals surface area contributed by atoms with Gasteiger partial charge in [0.25, 0.3) is 5.89 Å². The maximum Gasteiger partial charge on any atom is 0.263 e. The Morgan fingerprint density at radius 2 is 2.04 bits per heavy atom. The molecule has 0 N–H and O–H groups in total. The van der Waals surface area contributed by atoms with E-state index < -0.39 is 0 Å². The van der Waals surface area contributed by atoms with E-state index in [-0.39, 0.29) is 11.7 Å². The number of ether oxygens (including phenoxy) is 2. The van der Waals surface area contributed by atoms with Gasteiger partial charge in [-0.3, -0.25) is 9.69 Å². The molecule has 1 aromatic carbocycles. The standard InChI is InChI=1S/C20H24N2O4/c23-17(20-21-8-11-24-20)3-1-2-15-6-9-22(10-7-15)13-16-4-5-18-19(12-16)26-14-25-18/h4-5,8,11-12,15H,1-3,6-7,9-10,13-14H2. The van der Waals surface area contributed by atoms with Gasteiger partial charge in [0.2, 0.25) is 12.6 Å². The highest BCUT2D eigenvalue weighted by molar-refractivity contribution is 5.91. The number of ketones is 1. The zero-order valence-corrected chi connectivity index (χ0v) is 14.9. The molecule has 0 saturated carbocycles. The summed E-state index contributed by atoms with van der Waals surface area (Å²) >= 11 is 0. The number of likely N-dealkylation sites (tertiary alicyclic amines) is 1. The summed E-state index contributed by atoms with van der Waals surface area (Å²) < 4.78 is 15.9. The summed E-state index contributed by atoms with van der Waals surface area (Å²) in [7, 11) is 0. The van der Waals surface area contributed by atoms with Gasteiger partial charge in [0.1, 0.15) is 6.26 Å². The van der Waals surface area contributed by atoms with Crippen molar-refractivity contribution in [2.75, 3.05) is 19.9 Å². The second kappa shape index (κ2) is 7.91. The quantitative estimate of drug-likeness (QED) is 0.705. The molecule has 2 aromatic rings. The summed E-state index contributed by atoms with van der Waals surface area (Å²) in [4.78, 5) is 18.3. The summed E-state index contributed by atoms with van der Waals surface area (Å²) in [6.45, 7) is 3.48. The van der Waals surface area contributed by atoms with Crippen molar-refractivity contribution < 1.29 is 18.7 Å². The van der Waals surface area contributed by atoms with Crippen LogP contribution in [-0.4, -0.2) is 35.5 Å².